The van der Waals surface area contributed by atoms with Gasteiger partial charge in [0.2, 0.25) is 0 Å². The lowest BCUT2D eigenvalue weighted by atomic mass is 9.87. The highest BCUT2D eigenvalue weighted by Crippen LogP contribution is 2.35. The molecule has 2 rings (SSSR count). The molecule has 0 bridgehead atoms. The zero-order chi connectivity index (χ0) is 28.6. The predicted molar refractivity (Wildman–Crippen MR) is 152 cm³/mol. The summed E-state index contributed by atoms with van der Waals surface area (Å²) in [7, 11) is 1.65. The molecule has 0 aliphatic rings. The Hall–Kier alpha value is -3.16. The molecule has 208 valence electrons. The largest absolute Gasteiger partial charge is 0.496 e. The van der Waals surface area contributed by atoms with Gasteiger partial charge in [-0.15, -0.1) is 0 Å². The molecule has 4 N–H and O–H groups in total. The maximum Gasteiger partial charge on any atom is 0.322 e. The van der Waals surface area contributed by atoms with E-state index in [1.165, 1.54) is 0 Å². The second kappa shape index (κ2) is 14.1. The number of esters is 2. The first-order valence-corrected chi connectivity index (χ1v) is 13.2. The summed E-state index contributed by atoms with van der Waals surface area (Å²) in [6, 6.07) is 13.0. The standard InChI is InChI=1S/C31H44N2O5/c1-9-26(21(6)37-30(34)19(4)32)24-11-10-12-25(17-24)28-16-23(13-14-29(28)36-8)15-27(18(2)3)22(7)38-31(35)20(5)33/h10-14,16-17,19-22,26-27H,2,9,15,32-33H2,1,3-8H3/t19-,20-,21-,22-,26+,27+/m0/s1. The maximum absolute atomic E-state index is 12.1. The Labute approximate surface area is 227 Å². The molecule has 7 nitrogen and oxygen atoms in total. The van der Waals surface area contributed by atoms with Gasteiger partial charge in [0.25, 0.3) is 0 Å². The number of methoxy groups -OCH3 is 1. The van der Waals surface area contributed by atoms with Crippen LogP contribution >= 0.6 is 0 Å². The van der Waals surface area contributed by atoms with E-state index in [0.29, 0.717) is 6.42 Å². The average molecular weight is 525 g/mol. The number of ether oxygens (including phenoxy) is 3. The van der Waals surface area contributed by atoms with Crippen LogP contribution in [0.1, 0.15) is 65.0 Å². The van der Waals surface area contributed by atoms with Gasteiger partial charge < -0.3 is 25.7 Å². The summed E-state index contributed by atoms with van der Waals surface area (Å²) in [5.41, 5.74) is 16.4. The molecule has 0 heterocycles. The lowest BCUT2D eigenvalue weighted by Gasteiger charge is -2.26. The molecule has 38 heavy (non-hydrogen) atoms. The minimum Gasteiger partial charge on any atom is -0.496 e. The number of hydrogen-bond acceptors (Lipinski definition) is 7. The van der Waals surface area contributed by atoms with Crippen molar-refractivity contribution in [3.05, 3.63) is 65.7 Å². The van der Waals surface area contributed by atoms with Gasteiger partial charge in [0.05, 0.1) is 7.11 Å². The molecular formula is C31H44N2O5. The summed E-state index contributed by atoms with van der Waals surface area (Å²) in [6.07, 6.45) is 0.748. The highest BCUT2D eigenvalue weighted by Gasteiger charge is 2.25. The lowest BCUT2D eigenvalue weighted by Crippen LogP contribution is -2.34. The van der Waals surface area contributed by atoms with Crippen LogP contribution in [0.3, 0.4) is 0 Å². The topological polar surface area (TPSA) is 114 Å². The van der Waals surface area contributed by atoms with Gasteiger partial charge in [-0.3, -0.25) is 9.59 Å². The number of carbonyl (C=O) groups excluding carboxylic acids is 2. The van der Waals surface area contributed by atoms with Gasteiger partial charge in [0, 0.05) is 17.4 Å². The van der Waals surface area contributed by atoms with Crippen LogP contribution in [0, 0.1) is 5.92 Å². The van der Waals surface area contributed by atoms with Crippen molar-refractivity contribution in [3.63, 3.8) is 0 Å². The quantitative estimate of drug-likeness (QED) is 0.275. The minimum atomic E-state index is -0.681. The molecule has 2 aromatic carbocycles. The zero-order valence-corrected chi connectivity index (χ0v) is 23.8. The first-order chi connectivity index (χ1) is 17.9. The Bertz CT molecular complexity index is 1110. The van der Waals surface area contributed by atoms with Crippen molar-refractivity contribution < 1.29 is 23.8 Å². The molecule has 0 fully saturated rings. The van der Waals surface area contributed by atoms with E-state index in [4.69, 9.17) is 25.7 Å². The van der Waals surface area contributed by atoms with Crippen molar-refractivity contribution in [1.29, 1.82) is 0 Å². The van der Waals surface area contributed by atoms with Crippen LogP contribution in [-0.2, 0) is 25.5 Å². The highest BCUT2D eigenvalue weighted by atomic mass is 16.5. The van der Waals surface area contributed by atoms with E-state index in [1.807, 2.05) is 45.0 Å². The van der Waals surface area contributed by atoms with Gasteiger partial charge in [-0.25, -0.2) is 0 Å². The monoisotopic (exact) mass is 524 g/mol. The third-order valence-electron chi connectivity index (χ3n) is 6.90. The summed E-state index contributed by atoms with van der Waals surface area (Å²) >= 11 is 0. The fourth-order valence-electron chi connectivity index (χ4n) is 4.62. The molecule has 2 aromatic rings. The van der Waals surface area contributed by atoms with Crippen molar-refractivity contribution in [3.8, 4) is 16.9 Å². The molecular weight excluding hydrogens is 480 g/mol. The number of rotatable bonds is 13. The minimum absolute atomic E-state index is 0.0140. The third-order valence-corrected chi connectivity index (χ3v) is 6.90. The van der Waals surface area contributed by atoms with Crippen LogP contribution in [0.25, 0.3) is 11.1 Å². The molecule has 0 saturated heterocycles. The van der Waals surface area contributed by atoms with Crippen LogP contribution in [-0.4, -0.2) is 43.3 Å². The Morgan fingerprint density at radius 2 is 1.53 bits per heavy atom. The average Bonchev–Trinajstić information content (AvgIpc) is 2.87. The van der Waals surface area contributed by atoms with Crippen LogP contribution in [0.2, 0.25) is 0 Å². The number of carbonyl (C=O) groups is 2. The van der Waals surface area contributed by atoms with E-state index >= 15 is 0 Å². The molecule has 6 atom stereocenters. The Kier molecular flexibility index (Phi) is 11.5. The zero-order valence-electron chi connectivity index (χ0n) is 23.8. The second-order valence-corrected chi connectivity index (χ2v) is 10.2. The van der Waals surface area contributed by atoms with Crippen LogP contribution in [0.4, 0.5) is 0 Å². The van der Waals surface area contributed by atoms with Gasteiger partial charge in [-0.2, -0.15) is 0 Å². The summed E-state index contributed by atoms with van der Waals surface area (Å²) in [6.45, 7) is 15.2. The van der Waals surface area contributed by atoms with E-state index in [0.717, 1.165) is 40.0 Å². The Morgan fingerprint density at radius 1 is 0.921 bits per heavy atom. The van der Waals surface area contributed by atoms with Gasteiger partial charge in [0.1, 0.15) is 30.0 Å². The Morgan fingerprint density at radius 3 is 2.05 bits per heavy atom. The smallest absolute Gasteiger partial charge is 0.322 e. The van der Waals surface area contributed by atoms with E-state index < -0.39 is 24.0 Å². The van der Waals surface area contributed by atoms with Crippen LogP contribution < -0.4 is 16.2 Å². The van der Waals surface area contributed by atoms with E-state index in [-0.39, 0.29) is 24.0 Å². The molecule has 0 unspecified atom stereocenters. The lowest BCUT2D eigenvalue weighted by molar-refractivity contribution is -0.151. The number of hydrogen-bond donors (Lipinski definition) is 2. The summed E-state index contributed by atoms with van der Waals surface area (Å²) < 4.78 is 16.9. The summed E-state index contributed by atoms with van der Waals surface area (Å²) in [5, 5.41) is 0. The first kappa shape index (κ1) is 31.1. The molecule has 0 aliphatic heterocycles. The second-order valence-electron chi connectivity index (χ2n) is 10.2. The first-order valence-electron chi connectivity index (χ1n) is 13.2. The van der Waals surface area contributed by atoms with E-state index in [2.05, 4.69) is 31.7 Å². The SMILES string of the molecule is C=C(C)[C@@H](Cc1ccc(OC)c(-c2cccc([C@H](CC)[C@H](C)OC(=O)[C@H](C)N)c2)c1)[C@H](C)OC(=O)[C@H](C)N. The fourth-order valence-corrected chi connectivity index (χ4v) is 4.62. The predicted octanol–water partition coefficient (Wildman–Crippen LogP) is 5.15. The van der Waals surface area contributed by atoms with E-state index in [9.17, 15) is 9.59 Å². The van der Waals surface area contributed by atoms with Gasteiger partial charge >= 0.3 is 11.9 Å². The van der Waals surface area contributed by atoms with Crippen molar-refractivity contribution >= 4 is 11.9 Å². The molecule has 0 aromatic heterocycles. The summed E-state index contributed by atoms with van der Waals surface area (Å²) in [4.78, 5) is 24.2. The van der Waals surface area contributed by atoms with Crippen molar-refractivity contribution in [1.82, 2.24) is 0 Å². The number of benzene rings is 2. The van der Waals surface area contributed by atoms with Gasteiger partial charge in [0.15, 0.2) is 0 Å². The van der Waals surface area contributed by atoms with Crippen molar-refractivity contribution in [2.45, 2.75) is 84.6 Å². The Balaban J connectivity index is 2.39. The van der Waals surface area contributed by atoms with Crippen LogP contribution in [0.5, 0.6) is 5.75 Å². The van der Waals surface area contributed by atoms with E-state index in [1.54, 1.807) is 21.0 Å². The number of nitrogens with two attached hydrogens (primary N) is 2. The van der Waals surface area contributed by atoms with Gasteiger partial charge in [-0.1, -0.05) is 49.4 Å². The molecule has 0 radical (unpaired) electrons. The van der Waals surface area contributed by atoms with Crippen molar-refractivity contribution in [2.24, 2.45) is 17.4 Å². The molecule has 0 saturated carbocycles. The highest BCUT2D eigenvalue weighted by molar-refractivity contribution is 5.76. The molecule has 0 amide bonds. The van der Waals surface area contributed by atoms with Gasteiger partial charge in [-0.05, 0) is 76.3 Å². The fraction of sp³-hybridized carbons (Fsp3) is 0.484. The molecule has 0 aliphatic carbocycles. The van der Waals surface area contributed by atoms with Crippen molar-refractivity contribution in [2.75, 3.05) is 7.11 Å². The third kappa shape index (κ3) is 8.17. The molecule has 7 heteroatoms. The molecule has 0 spiro atoms. The maximum atomic E-state index is 12.1. The normalized spacial score (nSPS) is 15.9. The van der Waals surface area contributed by atoms with Crippen LogP contribution in [0.15, 0.2) is 54.6 Å². The summed E-state index contributed by atoms with van der Waals surface area (Å²) in [5.74, 6) is -0.148.